The molecule has 0 fully saturated rings. The molecule has 0 radical (unpaired) electrons. The summed E-state index contributed by atoms with van der Waals surface area (Å²) in [6.07, 6.45) is 2.39. The van der Waals surface area contributed by atoms with Gasteiger partial charge in [0, 0.05) is 17.8 Å². The Labute approximate surface area is 224 Å². The number of carbonyl (C=O) groups is 1. The van der Waals surface area contributed by atoms with Crippen molar-refractivity contribution in [3.8, 4) is 22.8 Å². The molecule has 0 bridgehead atoms. The summed E-state index contributed by atoms with van der Waals surface area (Å²) < 4.78 is 3.25. The first-order valence-corrected chi connectivity index (χ1v) is 13.6. The number of para-hydroxylation sites is 2. The molecule has 1 atom stereocenters. The van der Waals surface area contributed by atoms with Crippen LogP contribution in [0.25, 0.3) is 16.9 Å². The van der Waals surface area contributed by atoms with Crippen LogP contribution in [0.3, 0.4) is 0 Å². The lowest BCUT2D eigenvalue weighted by Crippen LogP contribution is -2.59. The molecule has 37 heavy (non-hydrogen) atoms. The highest BCUT2D eigenvalue weighted by Crippen LogP contribution is 2.43. The predicted molar refractivity (Wildman–Crippen MR) is 142 cm³/mol. The number of anilines is 1. The van der Waals surface area contributed by atoms with E-state index in [9.17, 15) is 9.90 Å². The number of rotatable bonds is 7. The summed E-state index contributed by atoms with van der Waals surface area (Å²) in [5.74, 6) is 0.204. The van der Waals surface area contributed by atoms with E-state index in [2.05, 4.69) is 11.9 Å². The standard InChI is InChI=1S/C27H27ClN6O2S/c1-4-5-11-16-37-27-29-25(36)23-20-14-9-10-15-21(20)32(18(3)35)26(34(23)31-27)22-17(2)30-33(24(22)28)19-12-7-6-8-13-19/h6-10,12-15,26H,4-5,11,16H2,1-3H3. The fourth-order valence-electron chi connectivity index (χ4n) is 4.66. The van der Waals surface area contributed by atoms with Crippen molar-refractivity contribution in [2.45, 2.75) is 51.4 Å². The molecule has 1 aliphatic rings. The SMILES string of the molecule is CCCCCSc1nc([O-])c2[n+](n1)C(c1c(C)nn(-c3ccccc3)c1Cl)N(C(C)=O)c1ccccc1-2. The normalized spacial score (nSPS) is 14.4. The monoisotopic (exact) mass is 534 g/mol. The molecule has 0 aliphatic carbocycles. The molecule has 2 aromatic heterocycles. The smallest absolute Gasteiger partial charge is 0.297 e. The molecule has 4 aromatic rings. The molecule has 5 rings (SSSR count). The Bertz CT molecular complexity index is 1460. The van der Waals surface area contributed by atoms with Crippen LogP contribution in [-0.4, -0.2) is 31.5 Å². The van der Waals surface area contributed by atoms with Gasteiger partial charge >= 0.3 is 0 Å². The Kier molecular flexibility index (Phi) is 7.17. The van der Waals surface area contributed by atoms with Crippen molar-refractivity contribution in [2.75, 3.05) is 10.7 Å². The van der Waals surface area contributed by atoms with Crippen LogP contribution in [0.1, 0.15) is 50.5 Å². The molecular weight excluding hydrogens is 508 g/mol. The van der Waals surface area contributed by atoms with Crippen LogP contribution in [-0.2, 0) is 4.79 Å². The summed E-state index contributed by atoms with van der Waals surface area (Å²) in [5.41, 5.74) is 3.54. The molecule has 0 spiro atoms. The first-order chi connectivity index (χ1) is 17.9. The highest BCUT2D eigenvalue weighted by atomic mass is 35.5. The van der Waals surface area contributed by atoms with Gasteiger partial charge in [-0.3, -0.25) is 4.79 Å². The van der Waals surface area contributed by atoms with Crippen molar-refractivity contribution in [1.29, 1.82) is 0 Å². The lowest BCUT2D eigenvalue weighted by Gasteiger charge is -2.32. The molecule has 3 heterocycles. The number of aryl methyl sites for hydroxylation is 1. The molecule has 10 heteroatoms. The lowest BCUT2D eigenvalue weighted by molar-refractivity contribution is -0.764. The number of hydrogen-bond donors (Lipinski definition) is 0. The molecule has 0 saturated heterocycles. The van der Waals surface area contributed by atoms with Gasteiger partial charge in [0.15, 0.2) is 0 Å². The Hall–Kier alpha value is -3.43. The highest BCUT2D eigenvalue weighted by Gasteiger charge is 2.46. The largest absolute Gasteiger partial charge is 0.854 e. The number of benzene rings is 2. The van der Waals surface area contributed by atoms with E-state index in [-0.39, 0.29) is 5.91 Å². The van der Waals surface area contributed by atoms with Crippen molar-refractivity contribution in [3.05, 3.63) is 71.0 Å². The van der Waals surface area contributed by atoms with E-state index in [0.29, 0.717) is 38.5 Å². The second-order valence-electron chi connectivity index (χ2n) is 8.87. The van der Waals surface area contributed by atoms with Gasteiger partial charge in [0.1, 0.15) is 10.7 Å². The third-order valence-corrected chi connectivity index (χ3v) is 7.63. The van der Waals surface area contributed by atoms with Crippen molar-refractivity contribution >= 4 is 35.0 Å². The van der Waals surface area contributed by atoms with E-state index < -0.39 is 12.0 Å². The van der Waals surface area contributed by atoms with Crippen molar-refractivity contribution in [1.82, 2.24) is 19.9 Å². The highest BCUT2D eigenvalue weighted by molar-refractivity contribution is 7.99. The zero-order valence-corrected chi connectivity index (χ0v) is 22.5. The van der Waals surface area contributed by atoms with Gasteiger partial charge in [-0.1, -0.05) is 78.1 Å². The zero-order valence-electron chi connectivity index (χ0n) is 20.9. The van der Waals surface area contributed by atoms with Crippen LogP contribution in [0.2, 0.25) is 5.15 Å². The Morgan fingerprint density at radius 1 is 1.14 bits per heavy atom. The minimum Gasteiger partial charge on any atom is -0.854 e. The molecule has 1 aliphatic heterocycles. The van der Waals surface area contributed by atoms with Crippen molar-refractivity contribution < 1.29 is 14.6 Å². The number of halogens is 1. The minimum absolute atomic E-state index is 0.207. The summed E-state index contributed by atoms with van der Waals surface area (Å²) in [6.45, 7) is 5.49. The first-order valence-electron chi connectivity index (χ1n) is 12.3. The quantitative estimate of drug-likeness (QED) is 0.191. The van der Waals surface area contributed by atoms with Crippen molar-refractivity contribution in [3.63, 3.8) is 0 Å². The number of thioether (sulfide) groups is 1. The summed E-state index contributed by atoms with van der Waals surface area (Å²) >= 11 is 8.43. The van der Waals surface area contributed by atoms with E-state index in [0.717, 1.165) is 30.7 Å². The van der Waals surface area contributed by atoms with Gasteiger partial charge < -0.3 is 5.11 Å². The minimum atomic E-state index is -0.807. The average molecular weight is 535 g/mol. The second-order valence-corrected chi connectivity index (χ2v) is 10.3. The van der Waals surface area contributed by atoms with Crippen LogP contribution in [0.15, 0.2) is 59.8 Å². The number of amides is 1. The second kappa shape index (κ2) is 10.5. The van der Waals surface area contributed by atoms with E-state index in [1.807, 2.05) is 61.5 Å². The summed E-state index contributed by atoms with van der Waals surface area (Å²) in [5, 5.41) is 23.7. The first kappa shape index (κ1) is 25.2. The van der Waals surface area contributed by atoms with Crippen LogP contribution >= 0.6 is 23.4 Å². The summed E-state index contributed by atoms with van der Waals surface area (Å²) in [4.78, 5) is 19.1. The van der Waals surface area contributed by atoms with Gasteiger partial charge in [-0.05, 0) is 37.6 Å². The molecule has 1 unspecified atom stereocenters. The van der Waals surface area contributed by atoms with Gasteiger partial charge in [0.2, 0.25) is 5.91 Å². The third kappa shape index (κ3) is 4.57. The van der Waals surface area contributed by atoms with Gasteiger partial charge in [-0.15, -0.1) is 0 Å². The van der Waals surface area contributed by atoms with E-state index in [1.54, 1.807) is 14.3 Å². The molecule has 190 valence electrons. The van der Waals surface area contributed by atoms with E-state index >= 15 is 0 Å². The Morgan fingerprint density at radius 3 is 2.59 bits per heavy atom. The van der Waals surface area contributed by atoms with Gasteiger partial charge in [0.05, 0.1) is 28.5 Å². The topological polar surface area (TPSA) is 90.9 Å². The molecule has 1 amide bonds. The number of unbranched alkanes of at least 4 members (excludes halogenated alkanes) is 2. The number of hydrogen-bond acceptors (Lipinski definition) is 6. The molecular formula is C27H27ClN6O2S. The maximum Gasteiger partial charge on any atom is 0.297 e. The zero-order chi connectivity index (χ0) is 26.1. The van der Waals surface area contributed by atoms with Gasteiger partial charge in [-0.2, -0.15) is 5.10 Å². The number of aromatic nitrogens is 5. The average Bonchev–Trinajstić information content (AvgIpc) is 3.19. The van der Waals surface area contributed by atoms with Crippen molar-refractivity contribution in [2.24, 2.45) is 0 Å². The number of fused-ring (bicyclic) bond motifs is 3. The third-order valence-electron chi connectivity index (χ3n) is 6.34. The van der Waals surface area contributed by atoms with Gasteiger partial charge in [0.25, 0.3) is 17.0 Å². The lowest BCUT2D eigenvalue weighted by atomic mass is 10.0. The molecule has 2 aromatic carbocycles. The molecule has 0 N–H and O–H groups in total. The van der Waals surface area contributed by atoms with E-state index in [4.69, 9.17) is 21.8 Å². The summed E-state index contributed by atoms with van der Waals surface area (Å²) in [6, 6.07) is 16.9. The van der Waals surface area contributed by atoms with Crippen LogP contribution in [0.4, 0.5) is 5.69 Å². The van der Waals surface area contributed by atoms with E-state index in [1.165, 1.54) is 18.7 Å². The molecule has 0 saturated carbocycles. The fraction of sp³-hybridized carbons (Fsp3) is 0.296. The van der Waals surface area contributed by atoms with Crippen LogP contribution in [0.5, 0.6) is 5.88 Å². The Morgan fingerprint density at radius 2 is 1.86 bits per heavy atom. The molecule has 8 nitrogen and oxygen atoms in total. The maximum absolute atomic E-state index is 13.4. The maximum atomic E-state index is 13.4. The number of carbonyl (C=O) groups excluding carboxylic acids is 1. The summed E-state index contributed by atoms with van der Waals surface area (Å²) in [7, 11) is 0. The van der Waals surface area contributed by atoms with Crippen LogP contribution < -0.4 is 14.7 Å². The van der Waals surface area contributed by atoms with Crippen LogP contribution in [0, 0.1) is 6.92 Å². The fourth-order valence-corrected chi connectivity index (χ4v) is 5.85. The number of nitrogens with zero attached hydrogens (tertiary/aromatic N) is 6. The Balaban J connectivity index is 1.73. The predicted octanol–water partition coefficient (Wildman–Crippen LogP) is 4.85. The van der Waals surface area contributed by atoms with Gasteiger partial charge in [-0.25, -0.2) is 14.6 Å².